The molecule has 1 fully saturated rings. The van der Waals surface area contributed by atoms with E-state index in [1.165, 1.54) is 7.11 Å². The van der Waals surface area contributed by atoms with E-state index in [0.717, 1.165) is 42.7 Å². The van der Waals surface area contributed by atoms with E-state index in [-0.39, 0.29) is 23.8 Å². The second-order valence-electron chi connectivity index (χ2n) is 6.55. The number of carbonyl (C=O) groups is 2. The molecule has 1 saturated heterocycles. The summed E-state index contributed by atoms with van der Waals surface area (Å²) in [5.74, 6) is 0.518. The maximum atomic E-state index is 12.3. The number of rotatable bonds is 5. The first kappa shape index (κ1) is 17.5. The van der Waals surface area contributed by atoms with Gasteiger partial charge in [-0.25, -0.2) is 0 Å². The van der Waals surface area contributed by atoms with Crippen LogP contribution in [0.4, 0.5) is 0 Å². The molecule has 0 saturated carbocycles. The van der Waals surface area contributed by atoms with Crippen LogP contribution in [0, 0.1) is 5.92 Å². The highest BCUT2D eigenvalue weighted by molar-refractivity contribution is 5.80. The number of para-hydroxylation sites is 1. The maximum Gasteiger partial charge on any atom is 0.308 e. The topological polar surface area (TPSA) is 71.8 Å². The molecule has 1 amide bonds. The van der Waals surface area contributed by atoms with Crippen LogP contribution in [-0.2, 0) is 14.3 Å². The number of fused-ring (bicyclic) bond motifs is 1. The number of nitrogens with zero attached hydrogens (tertiary/aromatic N) is 1. The lowest BCUT2D eigenvalue weighted by Crippen LogP contribution is -2.43. The zero-order valence-electron chi connectivity index (χ0n) is 14.7. The summed E-state index contributed by atoms with van der Waals surface area (Å²) in [6.45, 7) is 3.70. The second-order valence-corrected chi connectivity index (χ2v) is 6.55. The molecule has 1 N–H and O–H groups in total. The smallest absolute Gasteiger partial charge is 0.308 e. The third-order valence-electron chi connectivity index (χ3n) is 4.74. The van der Waals surface area contributed by atoms with Gasteiger partial charge in [0, 0.05) is 5.39 Å². The molecular weight excluding hydrogens is 320 g/mol. The highest BCUT2D eigenvalue weighted by atomic mass is 16.5. The quantitative estimate of drug-likeness (QED) is 0.844. The van der Waals surface area contributed by atoms with Crippen molar-refractivity contribution in [3.8, 4) is 0 Å². The Labute approximate surface area is 147 Å². The van der Waals surface area contributed by atoms with Crippen LogP contribution >= 0.6 is 0 Å². The van der Waals surface area contributed by atoms with E-state index < -0.39 is 0 Å². The monoisotopic (exact) mass is 344 g/mol. The van der Waals surface area contributed by atoms with E-state index in [4.69, 9.17) is 9.15 Å². The molecular formula is C19H24N2O4. The van der Waals surface area contributed by atoms with Crippen LogP contribution in [0.1, 0.15) is 31.6 Å². The van der Waals surface area contributed by atoms with Crippen molar-refractivity contribution in [1.82, 2.24) is 10.2 Å². The second kappa shape index (κ2) is 7.70. The number of amides is 1. The summed E-state index contributed by atoms with van der Waals surface area (Å²) in [6.07, 6.45) is 1.47. The van der Waals surface area contributed by atoms with Crippen molar-refractivity contribution in [2.45, 2.75) is 25.8 Å². The average molecular weight is 344 g/mol. The summed E-state index contributed by atoms with van der Waals surface area (Å²) in [7, 11) is 1.42. The number of methoxy groups -OCH3 is 1. The first-order valence-electron chi connectivity index (χ1n) is 8.65. The molecule has 1 atom stereocenters. The van der Waals surface area contributed by atoms with Crippen molar-refractivity contribution in [2.24, 2.45) is 5.92 Å². The third kappa shape index (κ3) is 4.20. The highest BCUT2D eigenvalue weighted by Gasteiger charge is 2.26. The number of carbonyl (C=O) groups excluding carboxylic acids is 2. The number of likely N-dealkylation sites (tertiary alicyclic amines) is 1. The summed E-state index contributed by atoms with van der Waals surface area (Å²) in [6, 6.07) is 9.57. The van der Waals surface area contributed by atoms with Crippen molar-refractivity contribution in [1.29, 1.82) is 0 Å². The van der Waals surface area contributed by atoms with Gasteiger partial charge in [-0.05, 0) is 45.0 Å². The SMILES string of the molecule is COC(=O)C1CCN(CC(=O)N[C@H](C)c2cc3ccccc3o2)CC1. The average Bonchev–Trinajstić information content (AvgIpc) is 3.06. The molecule has 134 valence electrons. The van der Waals surface area contributed by atoms with E-state index in [0.29, 0.717) is 6.54 Å². The van der Waals surface area contributed by atoms with Crippen LogP contribution in [-0.4, -0.2) is 43.5 Å². The van der Waals surface area contributed by atoms with Crippen molar-refractivity contribution >= 4 is 22.8 Å². The van der Waals surface area contributed by atoms with Gasteiger partial charge in [0.15, 0.2) is 0 Å². The van der Waals surface area contributed by atoms with Gasteiger partial charge in [-0.3, -0.25) is 14.5 Å². The predicted molar refractivity (Wildman–Crippen MR) is 94.0 cm³/mol. The van der Waals surface area contributed by atoms with Gasteiger partial charge in [-0.1, -0.05) is 18.2 Å². The Morgan fingerprint density at radius 2 is 2.04 bits per heavy atom. The van der Waals surface area contributed by atoms with Crippen LogP contribution < -0.4 is 5.32 Å². The van der Waals surface area contributed by atoms with Crippen LogP contribution in [0.5, 0.6) is 0 Å². The van der Waals surface area contributed by atoms with Crippen molar-refractivity contribution < 1.29 is 18.7 Å². The third-order valence-corrected chi connectivity index (χ3v) is 4.74. The van der Waals surface area contributed by atoms with Crippen molar-refractivity contribution in [2.75, 3.05) is 26.7 Å². The Hall–Kier alpha value is -2.34. The van der Waals surface area contributed by atoms with Gasteiger partial charge >= 0.3 is 5.97 Å². The Morgan fingerprint density at radius 3 is 2.72 bits per heavy atom. The fraction of sp³-hybridized carbons (Fsp3) is 0.474. The highest BCUT2D eigenvalue weighted by Crippen LogP contribution is 2.23. The number of hydrogen-bond donors (Lipinski definition) is 1. The molecule has 1 aliphatic heterocycles. The molecule has 0 radical (unpaired) electrons. The number of hydrogen-bond acceptors (Lipinski definition) is 5. The van der Waals surface area contributed by atoms with Gasteiger partial charge in [0.25, 0.3) is 0 Å². The molecule has 0 bridgehead atoms. The standard InChI is InChI=1S/C19H24N2O4/c1-13(17-11-15-5-3-4-6-16(15)25-17)20-18(22)12-21-9-7-14(8-10-21)19(23)24-2/h3-6,11,13-14H,7-10,12H2,1-2H3,(H,20,22)/t13-/m1/s1. The maximum absolute atomic E-state index is 12.3. The van der Waals surface area contributed by atoms with E-state index in [2.05, 4.69) is 10.2 Å². The van der Waals surface area contributed by atoms with E-state index >= 15 is 0 Å². The molecule has 6 nitrogen and oxygen atoms in total. The number of nitrogens with one attached hydrogen (secondary N) is 1. The zero-order valence-corrected chi connectivity index (χ0v) is 14.7. The Kier molecular flexibility index (Phi) is 5.38. The first-order valence-corrected chi connectivity index (χ1v) is 8.65. The Balaban J connectivity index is 1.50. The minimum absolute atomic E-state index is 0.0375. The molecule has 3 rings (SSSR count). The molecule has 1 aliphatic rings. The molecule has 2 heterocycles. The van der Waals surface area contributed by atoms with Crippen LogP contribution in [0.15, 0.2) is 34.7 Å². The molecule has 0 spiro atoms. The van der Waals surface area contributed by atoms with Crippen molar-refractivity contribution in [3.63, 3.8) is 0 Å². The Morgan fingerprint density at radius 1 is 1.32 bits per heavy atom. The fourth-order valence-electron chi connectivity index (χ4n) is 3.27. The molecule has 6 heteroatoms. The largest absolute Gasteiger partial charge is 0.469 e. The van der Waals surface area contributed by atoms with E-state index in [1.807, 2.05) is 37.3 Å². The van der Waals surface area contributed by atoms with Gasteiger partial charge in [-0.15, -0.1) is 0 Å². The predicted octanol–water partition coefficient (Wildman–Crippen LogP) is 2.50. The van der Waals surface area contributed by atoms with Gasteiger partial charge in [0.2, 0.25) is 5.91 Å². The molecule has 1 aromatic heterocycles. The lowest BCUT2D eigenvalue weighted by Gasteiger charge is -2.30. The number of furan rings is 1. The van der Waals surface area contributed by atoms with Crippen LogP contribution in [0.3, 0.4) is 0 Å². The molecule has 1 aromatic carbocycles. The van der Waals surface area contributed by atoms with Gasteiger partial charge in [-0.2, -0.15) is 0 Å². The lowest BCUT2D eigenvalue weighted by atomic mass is 9.97. The summed E-state index contributed by atoms with van der Waals surface area (Å²) >= 11 is 0. The number of piperidine rings is 1. The summed E-state index contributed by atoms with van der Waals surface area (Å²) in [4.78, 5) is 25.9. The van der Waals surface area contributed by atoms with Gasteiger partial charge in [0.05, 0.1) is 25.6 Å². The van der Waals surface area contributed by atoms with E-state index in [9.17, 15) is 9.59 Å². The summed E-state index contributed by atoms with van der Waals surface area (Å²) in [5, 5.41) is 4.01. The van der Waals surface area contributed by atoms with Gasteiger partial charge < -0.3 is 14.5 Å². The van der Waals surface area contributed by atoms with E-state index in [1.54, 1.807) is 0 Å². The number of esters is 1. The minimum Gasteiger partial charge on any atom is -0.469 e. The Bertz CT molecular complexity index is 714. The normalized spacial score (nSPS) is 17.4. The molecule has 25 heavy (non-hydrogen) atoms. The fourth-order valence-corrected chi connectivity index (χ4v) is 3.27. The van der Waals surface area contributed by atoms with Crippen molar-refractivity contribution in [3.05, 3.63) is 36.1 Å². The van der Waals surface area contributed by atoms with Crippen LogP contribution in [0.25, 0.3) is 11.0 Å². The molecule has 2 aromatic rings. The summed E-state index contributed by atoms with van der Waals surface area (Å²) < 4.78 is 10.6. The lowest BCUT2D eigenvalue weighted by molar-refractivity contribution is -0.147. The van der Waals surface area contributed by atoms with Gasteiger partial charge in [0.1, 0.15) is 11.3 Å². The minimum atomic E-state index is -0.187. The number of ether oxygens (including phenoxy) is 1. The zero-order chi connectivity index (χ0) is 17.8. The molecule has 0 unspecified atom stereocenters. The number of benzene rings is 1. The van der Waals surface area contributed by atoms with Crippen LogP contribution in [0.2, 0.25) is 0 Å². The first-order chi connectivity index (χ1) is 12.1. The molecule has 0 aliphatic carbocycles. The summed E-state index contributed by atoms with van der Waals surface area (Å²) in [5.41, 5.74) is 0.823.